The maximum atomic E-state index is 10.7. The SMILES string of the molecule is CCCCCCN1CCC(C)CC1.O=S(=O)(O)C(F)(F)F. The van der Waals surface area contributed by atoms with Crippen molar-refractivity contribution in [3.8, 4) is 0 Å². The van der Waals surface area contributed by atoms with Crippen molar-refractivity contribution in [2.75, 3.05) is 19.6 Å². The van der Waals surface area contributed by atoms with E-state index in [-0.39, 0.29) is 0 Å². The molecule has 0 aromatic heterocycles. The Balaban J connectivity index is 0.000000433. The standard InChI is InChI=1S/C12H25N.CHF3O3S/c1-3-4-5-6-9-13-10-7-12(2)8-11-13;2-1(3,4)8(5,6)7/h12H,3-11H2,1-2H3;(H,5,6,7). The van der Waals surface area contributed by atoms with E-state index in [9.17, 15) is 13.2 Å². The third kappa shape index (κ3) is 10.1. The van der Waals surface area contributed by atoms with Gasteiger partial charge in [0.25, 0.3) is 0 Å². The summed E-state index contributed by atoms with van der Waals surface area (Å²) in [4.78, 5) is 2.65. The van der Waals surface area contributed by atoms with Gasteiger partial charge in [0, 0.05) is 0 Å². The number of hydrogen-bond donors (Lipinski definition) is 1. The normalized spacial score (nSPS) is 18.2. The predicted octanol–water partition coefficient (Wildman–Crippen LogP) is 3.69. The van der Waals surface area contributed by atoms with Crippen molar-refractivity contribution >= 4 is 10.1 Å². The van der Waals surface area contributed by atoms with Crippen molar-refractivity contribution in [3.05, 3.63) is 0 Å². The molecule has 0 aliphatic carbocycles. The Bertz CT molecular complexity index is 363. The minimum atomic E-state index is -5.84. The van der Waals surface area contributed by atoms with E-state index < -0.39 is 15.6 Å². The van der Waals surface area contributed by atoms with Gasteiger partial charge in [-0.3, -0.25) is 4.55 Å². The fourth-order valence-corrected chi connectivity index (χ4v) is 2.05. The van der Waals surface area contributed by atoms with E-state index in [0.29, 0.717) is 0 Å². The minimum absolute atomic E-state index is 0.979. The van der Waals surface area contributed by atoms with Gasteiger partial charge < -0.3 is 4.90 Å². The third-order valence-corrected chi connectivity index (χ3v) is 4.08. The molecular formula is C13H26F3NO3S. The van der Waals surface area contributed by atoms with E-state index in [1.165, 1.54) is 58.2 Å². The third-order valence-electron chi connectivity index (χ3n) is 3.50. The Labute approximate surface area is 125 Å². The van der Waals surface area contributed by atoms with E-state index >= 15 is 0 Å². The fourth-order valence-electron chi connectivity index (χ4n) is 2.05. The summed E-state index contributed by atoms with van der Waals surface area (Å²) in [7, 11) is -5.84. The molecule has 1 aliphatic rings. The van der Waals surface area contributed by atoms with Crippen LogP contribution in [0.3, 0.4) is 0 Å². The van der Waals surface area contributed by atoms with Crippen LogP contribution in [-0.2, 0) is 10.1 Å². The highest BCUT2D eigenvalue weighted by atomic mass is 32.2. The van der Waals surface area contributed by atoms with Crippen molar-refractivity contribution in [1.82, 2.24) is 4.90 Å². The fraction of sp³-hybridized carbons (Fsp3) is 1.00. The number of unbranched alkanes of at least 4 members (excludes halogenated alkanes) is 3. The molecule has 1 rings (SSSR count). The highest BCUT2D eigenvalue weighted by molar-refractivity contribution is 7.86. The lowest BCUT2D eigenvalue weighted by Gasteiger charge is -2.30. The van der Waals surface area contributed by atoms with Crippen LogP contribution in [0.25, 0.3) is 0 Å². The molecule has 0 unspecified atom stereocenters. The zero-order valence-electron chi connectivity index (χ0n) is 12.7. The summed E-state index contributed by atoms with van der Waals surface area (Å²) in [5.41, 5.74) is -5.53. The average molecular weight is 333 g/mol. The van der Waals surface area contributed by atoms with Crippen LogP contribution < -0.4 is 0 Å². The second kappa shape index (κ2) is 9.63. The van der Waals surface area contributed by atoms with Gasteiger partial charge in [0.15, 0.2) is 0 Å². The molecule has 0 saturated carbocycles. The summed E-state index contributed by atoms with van der Waals surface area (Å²) >= 11 is 0. The molecule has 0 atom stereocenters. The van der Waals surface area contributed by atoms with Gasteiger partial charge in [-0.15, -0.1) is 0 Å². The van der Waals surface area contributed by atoms with Crippen LogP contribution in [0.2, 0.25) is 0 Å². The molecule has 21 heavy (non-hydrogen) atoms. The van der Waals surface area contributed by atoms with E-state index in [1.807, 2.05) is 0 Å². The monoisotopic (exact) mass is 333 g/mol. The summed E-state index contributed by atoms with van der Waals surface area (Å²) < 4.78 is 57.5. The Morgan fingerprint density at radius 3 is 2.00 bits per heavy atom. The molecular weight excluding hydrogens is 307 g/mol. The lowest BCUT2D eigenvalue weighted by molar-refractivity contribution is -0.0510. The van der Waals surface area contributed by atoms with Gasteiger partial charge in [-0.1, -0.05) is 33.1 Å². The quantitative estimate of drug-likeness (QED) is 0.473. The first-order valence-corrected chi connectivity index (χ1v) is 8.78. The molecule has 0 bridgehead atoms. The van der Waals surface area contributed by atoms with E-state index in [2.05, 4.69) is 18.7 Å². The first-order valence-electron chi connectivity index (χ1n) is 7.34. The minimum Gasteiger partial charge on any atom is -0.303 e. The highest BCUT2D eigenvalue weighted by Gasteiger charge is 2.44. The van der Waals surface area contributed by atoms with Crippen LogP contribution >= 0.6 is 0 Å². The van der Waals surface area contributed by atoms with Gasteiger partial charge in [-0.2, -0.15) is 21.6 Å². The molecule has 1 heterocycles. The first kappa shape index (κ1) is 20.7. The molecule has 8 heteroatoms. The molecule has 128 valence electrons. The van der Waals surface area contributed by atoms with Crippen LogP contribution in [0.4, 0.5) is 13.2 Å². The van der Waals surface area contributed by atoms with Gasteiger partial charge in [0.2, 0.25) is 0 Å². The number of rotatable bonds is 5. The maximum Gasteiger partial charge on any atom is 0.522 e. The Morgan fingerprint density at radius 2 is 1.62 bits per heavy atom. The van der Waals surface area contributed by atoms with Gasteiger partial charge in [-0.25, -0.2) is 0 Å². The molecule has 0 spiro atoms. The molecule has 1 aliphatic heterocycles. The van der Waals surface area contributed by atoms with Gasteiger partial charge >= 0.3 is 15.6 Å². The summed E-state index contributed by atoms with van der Waals surface area (Å²) in [5.74, 6) is 0.979. The maximum absolute atomic E-state index is 10.7. The molecule has 0 radical (unpaired) electrons. The molecule has 0 aromatic carbocycles. The summed E-state index contributed by atoms with van der Waals surface area (Å²) in [6.07, 6.45) is 8.48. The number of likely N-dealkylation sites (tertiary alicyclic amines) is 1. The lowest BCUT2D eigenvalue weighted by atomic mass is 9.99. The number of alkyl halides is 3. The average Bonchev–Trinajstić information content (AvgIpc) is 2.35. The summed E-state index contributed by atoms with van der Waals surface area (Å²) in [6, 6.07) is 0. The van der Waals surface area contributed by atoms with Crippen molar-refractivity contribution in [3.63, 3.8) is 0 Å². The topological polar surface area (TPSA) is 57.6 Å². The second-order valence-electron chi connectivity index (χ2n) is 5.51. The van der Waals surface area contributed by atoms with Crippen molar-refractivity contribution < 1.29 is 26.1 Å². The number of nitrogens with zero attached hydrogens (tertiary/aromatic N) is 1. The van der Waals surface area contributed by atoms with E-state index in [0.717, 1.165) is 5.92 Å². The Kier molecular flexibility index (Phi) is 9.48. The van der Waals surface area contributed by atoms with Crippen LogP contribution in [0.15, 0.2) is 0 Å². The first-order chi connectivity index (χ1) is 9.58. The van der Waals surface area contributed by atoms with E-state index in [4.69, 9.17) is 13.0 Å². The second-order valence-corrected chi connectivity index (χ2v) is 6.92. The zero-order valence-corrected chi connectivity index (χ0v) is 13.5. The molecule has 0 amide bonds. The molecule has 1 saturated heterocycles. The molecule has 1 N–H and O–H groups in total. The Morgan fingerprint density at radius 1 is 1.14 bits per heavy atom. The molecule has 0 aromatic rings. The number of hydrogen-bond acceptors (Lipinski definition) is 3. The largest absolute Gasteiger partial charge is 0.522 e. The van der Waals surface area contributed by atoms with Crippen molar-refractivity contribution in [2.45, 2.75) is 57.9 Å². The van der Waals surface area contributed by atoms with Crippen LogP contribution in [-0.4, -0.2) is 43.0 Å². The van der Waals surface area contributed by atoms with Gasteiger partial charge in [0.05, 0.1) is 0 Å². The molecule has 1 fully saturated rings. The zero-order chi connectivity index (χ0) is 16.5. The summed E-state index contributed by atoms with van der Waals surface area (Å²) in [5, 5.41) is 0. The van der Waals surface area contributed by atoms with Gasteiger partial charge in [-0.05, 0) is 44.8 Å². The van der Waals surface area contributed by atoms with E-state index in [1.54, 1.807) is 0 Å². The van der Waals surface area contributed by atoms with Gasteiger partial charge in [0.1, 0.15) is 0 Å². The smallest absolute Gasteiger partial charge is 0.303 e. The Hall–Kier alpha value is -0.340. The van der Waals surface area contributed by atoms with Crippen LogP contribution in [0.1, 0.15) is 52.4 Å². The highest BCUT2D eigenvalue weighted by Crippen LogP contribution is 2.20. The van der Waals surface area contributed by atoms with Crippen molar-refractivity contribution in [2.24, 2.45) is 5.92 Å². The summed E-state index contributed by atoms with van der Waals surface area (Å²) in [6.45, 7) is 8.73. The molecule has 4 nitrogen and oxygen atoms in total. The number of halogens is 3. The van der Waals surface area contributed by atoms with Crippen LogP contribution in [0, 0.1) is 5.92 Å². The number of piperidine rings is 1. The van der Waals surface area contributed by atoms with Crippen LogP contribution in [0.5, 0.6) is 0 Å². The predicted molar refractivity (Wildman–Crippen MR) is 76.6 cm³/mol. The van der Waals surface area contributed by atoms with Crippen molar-refractivity contribution in [1.29, 1.82) is 0 Å². The lowest BCUT2D eigenvalue weighted by Crippen LogP contribution is -2.33.